The summed E-state index contributed by atoms with van der Waals surface area (Å²) in [6.45, 7) is 7.17. The van der Waals surface area contributed by atoms with Crippen molar-refractivity contribution >= 4 is 5.69 Å². The molecule has 3 heteroatoms. The van der Waals surface area contributed by atoms with Crippen molar-refractivity contribution in [3.05, 3.63) is 29.6 Å². The number of nitrogens with zero attached hydrogens (tertiary/aromatic N) is 1. The fourth-order valence-electron chi connectivity index (χ4n) is 1.66. The van der Waals surface area contributed by atoms with Crippen LogP contribution in [0.1, 0.15) is 32.3 Å². The standard InChI is InChI=1S/C13H21FN2/c1-3-5-8-16(4-2)10-11-6-7-13(15)12(14)9-11/h6-7,9H,3-5,8,10,15H2,1-2H3. The van der Waals surface area contributed by atoms with Gasteiger partial charge in [0.2, 0.25) is 0 Å². The van der Waals surface area contributed by atoms with Gasteiger partial charge in [-0.3, -0.25) is 4.90 Å². The minimum Gasteiger partial charge on any atom is -0.396 e. The molecule has 2 N–H and O–H groups in total. The van der Waals surface area contributed by atoms with Crippen LogP contribution < -0.4 is 5.73 Å². The number of benzene rings is 1. The molecular weight excluding hydrogens is 203 g/mol. The monoisotopic (exact) mass is 224 g/mol. The quantitative estimate of drug-likeness (QED) is 0.753. The highest BCUT2D eigenvalue weighted by Gasteiger charge is 2.05. The van der Waals surface area contributed by atoms with Crippen molar-refractivity contribution in [2.45, 2.75) is 33.2 Å². The minimum absolute atomic E-state index is 0.223. The van der Waals surface area contributed by atoms with Crippen LogP contribution in [-0.2, 0) is 6.54 Å². The maximum atomic E-state index is 13.2. The van der Waals surface area contributed by atoms with E-state index in [1.165, 1.54) is 18.9 Å². The van der Waals surface area contributed by atoms with E-state index in [9.17, 15) is 4.39 Å². The van der Waals surface area contributed by atoms with Crippen LogP contribution in [0.2, 0.25) is 0 Å². The molecule has 0 spiro atoms. The van der Waals surface area contributed by atoms with Gasteiger partial charge in [-0.2, -0.15) is 0 Å². The van der Waals surface area contributed by atoms with Gasteiger partial charge in [-0.05, 0) is 37.2 Å². The first kappa shape index (κ1) is 13.0. The van der Waals surface area contributed by atoms with Crippen LogP contribution in [0, 0.1) is 5.82 Å². The molecule has 0 amide bonds. The zero-order valence-electron chi connectivity index (χ0n) is 10.2. The number of nitrogens with two attached hydrogens (primary N) is 1. The lowest BCUT2D eigenvalue weighted by Crippen LogP contribution is -2.24. The number of hydrogen-bond donors (Lipinski definition) is 1. The molecule has 0 bridgehead atoms. The lowest BCUT2D eigenvalue weighted by molar-refractivity contribution is 0.275. The maximum absolute atomic E-state index is 13.2. The Morgan fingerprint density at radius 1 is 1.31 bits per heavy atom. The third-order valence-corrected chi connectivity index (χ3v) is 2.75. The molecule has 0 aliphatic rings. The Bertz CT molecular complexity index is 326. The van der Waals surface area contributed by atoms with Gasteiger partial charge >= 0.3 is 0 Å². The van der Waals surface area contributed by atoms with E-state index in [-0.39, 0.29) is 11.5 Å². The molecule has 1 aromatic carbocycles. The summed E-state index contributed by atoms with van der Waals surface area (Å²) in [6, 6.07) is 5.06. The van der Waals surface area contributed by atoms with E-state index in [4.69, 9.17) is 5.73 Å². The second-order valence-electron chi connectivity index (χ2n) is 4.08. The van der Waals surface area contributed by atoms with Crippen LogP contribution in [0.5, 0.6) is 0 Å². The van der Waals surface area contributed by atoms with E-state index >= 15 is 0 Å². The molecule has 0 aliphatic carbocycles. The number of nitrogen functional groups attached to an aromatic ring is 1. The van der Waals surface area contributed by atoms with Crippen LogP contribution >= 0.6 is 0 Å². The van der Waals surface area contributed by atoms with E-state index in [1.54, 1.807) is 6.07 Å². The smallest absolute Gasteiger partial charge is 0.146 e. The van der Waals surface area contributed by atoms with Crippen molar-refractivity contribution in [1.82, 2.24) is 4.90 Å². The largest absolute Gasteiger partial charge is 0.396 e. The van der Waals surface area contributed by atoms with Crippen molar-refractivity contribution in [2.24, 2.45) is 0 Å². The first-order valence-electron chi connectivity index (χ1n) is 5.93. The second-order valence-corrected chi connectivity index (χ2v) is 4.08. The molecule has 0 fully saturated rings. The van der Waals surface area contributed by atoms with Crippen molar-refractivity contribution in [3.63, 3.8) is 0 Å². The Morgan fingerprint density at radius 3 is 2.62 bits per heavy atom. The average molecular weight is 224 g/mol. The predicted molar refractivity (Wildman–Crippen MR) is 66.7 cm³/mol. The SMILES string of the molecule is CCCCN(CC)Cc1ccc(N)c(F)c1. The van der Waals surface area contributed by atoms with Gasteiger partial charge in [-0.15, -0.1) is 0 Å². The van der Waals surface area contributed by atoms with Gasteiger partial charge in [-0.1, -0.05) is 26.3 Å². The number of unbranched alkanes of at least 4 members (excludes halogenated alkanes) is 1. The second kappa shape index (κ2) is 6.48. The third-order valence-electron chi connectivity index (χ3n) is 2.75. The summed E-state index contributed by atoms with van der Waals surface area (Å²) in [7, 11) is 0. The fraction of sp³-hybridized carbons (Fsp3) is 0.538. The molecule has 90 valence electrons. The highest BCUT2D eigenvalue weighted by atomic mass is 19.1. The van der Waals surface area contributed by atoms with Gasteiger partial charge < -0.3 is 5.73 Å². The molecule has 0 atom stereocenters. The molecule has 0 aliphatic heterocycles. The molecule has 0 radical (unpaired) electrons. The van der Waals surface area contributed by atoms with Crippen molar-refractivity contribution in [3.8, 4) is 0 Å². The van der Waals surface area contributed by atoms with E-state index in [0.29, 0.717) is 0 Å². The van der Waals surface area contributed by atoms with E-state index < -0.39 is 0 Å². The number of rotatable bonds is 6. The zero-order chi connectivity index (χ0) is 12.0. The van der Waals surface area contributed by atoms with E-state index in [0.717, 1.165) is 25.2 Å². The summed E-state index contributed by atoms with van der Waals surface area (Å²) in [6.07, 6.45) is 2.37. The summed E-state index contributed by atoms with van der Waals surface area (Å²) in [4.78, 5) is 2.31. The molecule has 1 rings (SSSR count). The maximum Gasteiger partial charge on any atom is 0.146 e. The highest BCUT2D eigenvalue weighted by Crippen LogP contribution is 2.13. The van der Waals surface area contributed by atoms with Gasteiger partial charge in [0, 0.05) is 6.54 Å². The molecule has 1 aromatic rings. The van der Waals surface area contributed by atoms with Crippen LogP contribution in [0.15, 0.2) is 18.2 Å². The molecule has 0 saturated heterocycles. The molecule has 0 heterocycles. The van der Waals surface area contributed by atoms with Crippen LogP contribution in [0.4, 0.5) is 10.1 Å². The molecular formula is C13H21FN2. The highest BCUT2D eigenvalue weighted by molar-refractivity contribution is 5.41. The van der Waals surface area contributed by atoms with Crippen molar-refractivity contribution in [1.29, 1.82) is 0 Å². The lowest BCUT2D eigenvalue weighted by Gasteiger charge is -2.20. The normalized spacial score (nSPS) is 11.0. The molecule has 0 saturated carbocycles. The van der Waals surface area contributed by atoms with Gasteiger partial charge in [0.1, 0.15) is 5.82 Å². The van der Waals surface area contributed by atoms with Crippen molar-refractivity contribution < 1.29 is 4.39 Å². The number of anilines is 1. The Hall–Kier alpha value is -1.09. The number of halogens is 1. The first-order chi connectivity index (χ1) is 7.67. The first-order valence-corrected chi connectivity index (χ1v) is 5.93. The predicted octanol–water partition coefficient (Wildman–Crippen LogP) is 3.03. The third kappa shape index (κ3) is 3.81. The van der Waals surface area contributed by atoms with Crippen molar-refractivity contribution in [2.75, 3.05) is 18.8 Å². The zero-order valence-corrected chi connectivity index (χ0v) is 10.2. The van der Waals surface area contributed by atoms with Crippen LogP contribution in [0.25, 0.3) is 0 Å². The lowest BCUT2D eigenvalue weighted by atomic mass is 10.2. The Balaban J connectivity index is 2.59. The Labute approximate surface area is 97.3 Å². The van der Waals surface area contributed by atoms with Gasteiger partial charge in [0.05, 0.1) is 5.69 Å². The van der Waals surface area contributed by atoms with Crippen LogP contribution in [0.3, 0.4) is 0 Å². The van der Waals surface area contributed by atoms with E-state index in [2.05, 4.69) is 18.7 Å². The summed E-state index contributed by atoms with van der Waals surface area (Å²) in [5.41, 5.74) is 6.66. The van der Waals surface area contributed by atoms with Gasteiger partial charge in [0.15, 0.2) is 0 Å². The minimum atomic E-state index is -0.316. The Morgan fingerprint density at radius 2 is 2.06 bits per heavy atom. The summed E-state index contributed by atoms with van der Waals surface area (Å²) in [5, 5.41) is 0. The number of hydrogen-bond acceptors (Lipinski definition) is 2. The summed E-state index contributed by atoms with van der Waals surface area (Å²) in [5.74, 6) is -0.316. The fourth-order valence-corrected chi connectivity index (χ4v) is 1.66. The Kier molecular flexibility index (Phi) is 5.26. The topological polar surface area (TPSA) is 29.3 Å². The van der Waals surface area contributed by atoms with Gasteiger partial charge in [-0.25, -0.2) is 4.39 Å². The average Bonchev–Trinajstić information content (AvgIpc) is 2.29. The molecule has 0 unspecified atom stereocenters. The van der Waals surface area contributed by atoms with Gasteiger partial charge in [0.25, 0.3) is 0 Å². The van der Waals surface area contributed by atoms with E-state index in [1.807, 2.05) is 6.07 Å². The van der Waals surface area contributed by atoms with Crippen LogP contribution in [-0.4, -0.2) is 18.0 Å². The summed E-state index contributed by atoms with van der Waals surface area (Å²) >= 11 is 0. The summed E-state index contributed by atoms with van der Waals surface area (Å²) < 4.78 is 13.2. The molecule has 2 nitrogen and oxygen atoms in total. The molecule has 0 aromatic heterocycles. The molecule has 16 heavy (non-hydrogen) atoms.